The van der Waals surface area contributed by atoms with Crippen molar-refractivity contribution >= 4 is 0 Å². The molecular weight excluding hydrogens is 202 g/mol. The van der Waals surface area contributed by atoms with Crippen molar-refractivity contribution in [2.45, 2.75) is 39.4 Å². The molecule has 1 saturated heterocycles. The Kier molecular flexibility index (Phi) is 3.25. The summed E-state index contributed by atoms with van der Waals surface area (Å²) in [6.07, 6.45) is 1.65. The third-order valence-corrected chi connectivity index (χ3v) is 3.30. The first-order valence-corrected chi connectivity index (χ1v) is 5.96. The molecule has 90 valence electrons. The largest absolute Gasteiger partial charge is 0.314 e. The number of hydrogen-bond acceptors (Lipinski definition) is 4. The van der Waals surface area contributed by atoms with Crippen molar-refractivity contribution in [3.63, 3.8) is 0 Å². The normalized spacial score (nSPS) is 21.2. The lowest BCUT2D eigenvalue weighted by molar-refractivity contribution is 0.0784. The van der Waals surface area contributed by atoms with E-state index in [4.69, 9.17) is 0 Å². The first kappa shape index (κ1) is 11.5. The Morgan fingerprint density at radius 3 is 3.00 bits per heavy atom. The first-order valence-electron chi connectivity index (χ1n) is 5.96. The van der Waals surface area contributed by atoms with E-state index in [-0.39, 0.29) is 5.54 Å². The Hall–Kier alpha value is -0.940. The molecule has 0 aromatic carbocycles. The van der Waals surface area contributed by atoms with Crippen LogP contribution in [0.25, 0.3) is 0 Å². The van der Waals surface area contributed by atoms with Crippen molar-refractivity contribution in [1.29, 1.82) is 0 Å². The zero-order chi connectivity index (χ0) is 11.6. The zero-order valence-electron chi connectivity index (χ0n) is 10.4. The van der Waals surface area contributed by atoms with Crippen molar-refractivity contribution in [2.24, 2.45) is 0 Å². The summed E-state index contributed by atoms with van der Waals surface area (Å²) in [6.45, 7) is 11.6. The van der Waals surface area contributed by atoms with Gasteiger partial charge in [0.05, 0.1) is 6.54 Å². The van der Waals surface area contributed by atoms with Gasteiger partial charge in [0.2, 0.25) is 0 Å². The highest BCUT2D eigenvalue weighted by Crippen LogP contribution is 2.18. The lowest BCUT2D eigenvalue weighted by atomic mass is 10.0. The number of aromatic nitrogens is 3. The SMILES string of the molecule is CCn1ncnc1CN1CCNCC1(C)C. The molecule has 1 N–H and O–H groups in total. The molecule has 0 bridgehead atoms. The van der Waals surface area contributed by atoms with E-state index in [9.17, 15) is 0 Å². The molecule has 1 fully saturated rings. The molecule has 1 aliphatic heterocycles. The molecule has 5 nitrogen and oxygen atoms in total. The van der Waals surface area contributed by atoms with Gasteiger partial charge in [0.15, 0.2) is 0 Å². The van der Waals surface area contributed by atoms with Gasteiger partial charge in [-0.15, -0.1) is 0 Å². The maximum Gasteiger partial charge on any atom is 0.141 e. The number of piperazine rings is 1. The van der Waals surface area contributed by atoms with Gasteiger partial charge in [0.1, 0.15) is 12.2 Å². The number of nitrogens with zero attached hydrogens (tertiary/aromatic N) is 4. The van der Waals surface area contributed by atoms with E-state index < -0.39 is 0 Å². The molecule has 2 rings (SSSR count). The summed E-state index contributed by atoms with van der Waals surface area (Å²) >= 11 is 0. The standard InChI is InChI=1S/C11H21N5/c1-4-16-10(13-9-14-16)7-15-6-5-12-8-11(15,2)3/h9,12H,4-8H2,1-3H3. The fourth-order valence-corrected chi connectivity index (χ4v) is 2.16. The number of aryl methyl sites for hydroxylation is 1. The minimum Gasteiger partial charge on any atom is -0.314 e. The van der Waals surface area contributed by atoms with Crippen LogP contribution in [0.3, 0.4) is 0 Å². The maximum absolute atomic E-state index is 4.34. The zero-order valence-corrected chi connectivity index (χ0v) is 10.4. The molecule has 2 heterocycles. The van der Waals surface area contributed by atoms with E-state index in [1.54, 1.807) is 6.33 Å². The van der Waals surface area contributed by atoms with Gasteiger partial charge in [-0.3, -0.25) is 4.90 Å². The Balaban J connectivity index is 2.08. The smallest absolute Gasteiger partial charge is 0.141 e. The molecule has 0 atom stereocenters. The predicted octanol–water partition coefficient (Wildman–Crippen LogP) is 0.482. The molecule has 0 radical (unpaired) electrons. The van der Waals surface area contributed by atoms with Gasteiger partial charge in [-0.1, -0.05) is 0 Å². The Morgan fingerprint density at radius 1 is 1.50 bits per heavy atom. The third kappa shape index (κ3) is 2.25. The van der Waals surface area contributed by atoms with Gasteiger partial charge >= 0.3 is 0 Å². The second kappa shape index (κ2) is 4.51. The minimum absolute atomic E-state index is 0.197. The summed E-state index contributed by atoms with van der Waals surface area (Å²) in [4.78, 5) is 6.81. The van der Waals surface area contributed by atoms with Crippen LogP contribution in [0.2, 0.25) is 0 Å². The van der Waals surface area contributed by atoms with Crippen LogP contribution < -0.4 is 5.32 Å². The molecule has 16 heavy (non-hydrogen) atoms. The summed E-state index contributed by atoms with van der Waals surface area (Å²) in [5, 5.41) is 7.64. The highest BCUT2D eigenvalue weighted by molar-refractivity contribution is 4.93. The monoisotopic (exact) mass is 223 g/mol. The molecule has 0 amide bonds. The van der Waals surface area contributed by atoms with Crippen LogP contribution in [0.1, 0.15) is 26.6 Å². The molecule has 0 unspecified atom stereocenters. The fraction of sp³-hybridized carbons (Fsp3) is 0.818. The summed E-state index contributed by atoms with van der Waals surface area (Å²) in [7, 11) is 0. The third-order valence-electron chi connectivity index (χ3n) is 3.30. The van der Waals surface area contributed by atoms with E-state index in [2.05, 4.69) is 41.1 Å². The van der Waals surface area contributed by atoms with E-state index in [0.29, 0.717) is 0 Å². The molecule has 1 aromatic rings. The van der Waals surface area contributed by atoms with Gasteiger partial charge in [-0.2, -0.15) is 5.10 Å². The number of hydrogen-bond donors (Lipinski definition) is 1. The summed E-state index contributed by atoms with van der Waals surface area (Å²) in [6, 6.07) is 0. The van der Waals surface area contributed by atoms with Crippen LogP contribution >= 0.6 is 0 Å². The molecular formula is C11H21N5. The number of rotatable bonds is 3. The lowest BCUT2D eigenvalue weighted by Crippen LogP contribution is -2.57. The Bertz CT molecular complexity index is 344. The fourth-order valence-electron chi connectivity index (χ4n) is 2.16. The van der Waals surface area contributed by atoms with E-state index >= 15 is 0 Å². The van der Waals surface area contributed by atoms with Gasteiger partial charge in [0, 0.05) is 31.7 Å². The minimum atomic E-state index is 0.197. The van der Waals surface area contributed by atoms with Crippen molar-refractivity contribution in [3.8, 4) is 0 Å². The second-order valence-electron chi connectivity index (χ2n) is 4.90. The lowest BCUT2D eigenvalue weighted by Gasteiger charge is -2.42. The molecule has 1 aromatic heterocycles. The van der Waals surface area contributed by atoms with Crippen molar-refractivity contribution in [3.05, 3.63) is 12.2 Å². The van der Waals surface area contributed by atoms with E-state index in [1.165, 1.54) is 0 Å². The Morgan fingerprint density at radius 2 is 2.31 bits per heavy atom. The average Bonchev–Trinajstić information content (AvgIpc) is 2.68. The van der Waals surface area contributed by atoms with Crippen LogP contribution in [0, 0.1) is 0 Å². The van der Waals surface area contributed by atoms with Crippen LogP contribution in [0.5, 0.6) is 0 Å². The van der Waals surface area contributed by atoms with Crippen LogP contribution in [0.4, 0.5) is 0 Å². The highest BCUT2D eigenvalue weighted by Gasteiger charge is 2.30. The second-order valence-corrected chi connectivity index (χ2v) is 4.90. The van der Waals surface area contributed by atoms with E-state index in [0.717, 1.165) is 38.5 Å². The summed E-state index contributed by atoms with van der Waals surface area (Å²) in [5.74, 6) is 1.07. The van der Waals surface area contributed by atoms with E-state index in [1.807, 2.05) is 4.68 Å². The Labute approximate surface area is 96.8 Å². The molecule has 1 aliphatic rings. The van der Waals surface area contributed by atoms with Crippen molar-refractivity contribution in [2.75, 3.05) is 19.6 Å². The molecule has 0 aliphatic carbocycles. The van der Waals surface area contributed by atoms with Crippen LogP contribution in [-0.2, 0) is 13.1 Å². The molecule has 0 saturated carbocycles. The average molecular weight is 223 g/mol. The van der Waals surface area contributed by atoms with Crippen molar-refractivity contribution in [1.82, 2.24) is 25.0 Å². The quantitative estimate of drug-likeness (QED) is 0.809. The van der Waals surface area contributed by atoms with Crippen LogP contribution in [-0.4, -0.2) is 44.8 Å². The highest BCUT2D eigenvalue weighted by atomic mass is 15.4. The predicted molar refractivity (Wildman–Crippen MR) is 63.1 cm³/mol. The maximum atomic E-state index is 4.34. The topological polar surface area (TPSA) is 46.0 Å². The molecule has 0 spiro atoms. The summed E-state index contributed by atoms with van der Waals surface area (Å²) in [5.41, 5.74) is 0.197. The van der Waals surface area contributed by atoms with Gasteiger partial charge in [-0.05, 0) is 20.8 Å². The summed E-state index contributed by atoms with van der Waals surface area (Å²) < 4.78 is 1.97. The van der Waals surface area contributed by atoms with Crippen molar-refractivity contribution < 1.29 is 0 Å². The molecule has 5 heteroatoms. The first-order chi connectivity index (χ1) is 7.63. The van der Waals surface area contributed by atoms with Gasteiger partial charge in [-0.25, -0.2) is 9.67 Å². The van der Waals surface area contributed by atoms with Gasteiger partial charge in [0.25, 0.3) is 0 Å². The van der Waals surface area contributed by atoms with Crippen LogP contribution in [0.15, 0.2) is 6.33 Å². The number of nitrogens with one attached hydrogen (secondary N) is 1. The van der Waals surface area contributed by atoms with Gasteiger partial charge < -0.3 is 5.32 Å².